The van der Waals surface area contributed by atoms with Crippen LogP contribution in [0.3, 0.4) is 0 Å². The number of nitrogens with zero attached hydrogens (tertiary/aromatic N) is 1. The van der Waals surface area contributed by atoms with Crippen LogP contribution < -0.4 is 33.4 Å². The van der Waals surface area contributed by atoms with Gasteiger partial charge in [-0.15, -0.1) is 0 Å². The first-order valence-corrected chi connectivity index (χ1v) is 8.22. The van der Waals surface area contributed by atoms with Crippen LogP contribution in [0, 0.1) is 0 Å². The van der Waals surface area contributed by atoms with E-state index in [2.05, 4.69) is 23.1 Å². The summed E-state index contributed by atoms with van der Waals surface area (Å²) in [4.78, 5) is 2.55. The Morgan fingerprint density at radius 3 is 2.83 bits per heavy atom. The van der Waals surface area contributed by atoms with E-state index in [1.807, 2.05) is 6.92 Å². The summed E-state index contributed by atoms with van der Waals surface area (Å²) in [6.45, 7) is 4.43. The molecule has 0 amide bonds. The molecule has 1 aromatic rings. The first-order chi connectivity index (χ1) is 10.7. The molecule has 4 aliphatic rings. The second-order valence-electron chi connectivity index (χ2n) is 7.02. The van der Waals surface area contributed by atoms with Gasteiger partial charge in [0.25, 0.3) is 0 Å². The van der Waals surface area contributed by atoms with Crippen LogP contribution in [0.5, 0.6) is 11.5 Å². The van der Waals surface area contributed by atoms with Crippen molar-refractivity contribution in [3.05, 3.63) is 34.9 Å². The average Bonchev–Trinajstić information content (AvgIpc) is 3.15. The van der Waals surface area contributed by atoms with E-state index >= 15 is 0 Å². The molecule has 0 bridgehead atoms. The van der Waals surface area contributed by atoms with Crippen molar-refractivity contribution in [2.24, 2.45) is 0 Å². The van der Waals surface area contributed by atoms with Gasteiger partial charge in [-0.1, -0.05) is 17.8 Å². The maximum Gasteiger partial charge on any atom is 1.00 e. The van der Waals surface area contributed by atoms with Gasteiger partial charge >= 0.3 is 18.9 Å². The molecular weight excluding hydrogens is 285 g/mol. The van der Waals surface area contributed by atoms with Crippen LogP contribution >= 0.6 is 0 Å². The molecule has 0 aromatic heterocycles. The van der Waals surface area contributed by atoms with E-state index in [0.717, 1.165) is 43.0 Å². The molecule has 1 aromatic carbocycles. The number of benzene rings is 1. The molecule has 3 heterocycles. The number of hydrogen-bond donors (Lipinski definition) is 0. The Kier molecular flexibility index (Phi) is 3.59. The molecule has 5 heteroatoms. The van der Waals surface area contributed by atoms with Gasteiger partial charge in [0.15, 0.2) is 11.5 Å². The third-order valence-electron chi connectivity index (χ3n) is 5.98. The summed E-state index contributed by atoms with van der Waals surface area (Å²) < 4.78 is 11.1. The normalized spacial score (nSPS) is 34.1. The minimum Gasteiger partial charge on any atom is -0.848 e. The van der Waals surface area contributed by atoms with Gasteiger partial charge in [0, 0.05) is 12.1 Å². The van der Waals surface area contributed by atoms with Gasteiger partial charge in [-0.3, -0.25) is 4.90 Å². The van der Waals surface area contributed by atoms with Gasteiger partial charge in [0.1, 0.15) is 0 Å². The zero-order chi connectivity index (χ0) is 14.9. The molecule has 3 unspecified atom stereocenters. The maximum absolute atomic E-state index is 13.0. The summed E-state index contributed by atoms with van der Waals surface area (Å²) in [6.07, 6.45) is 4.92. The molecule has 5 rings (SSSR count). The second kappa shape index (κ2) is 5.29. The summed E-state index contributed by atoms with van der Waals surface area (Å²) in [7, 11) is 0. The van der Waals surface area contributed by atoms with E-state index in [9.17, 15) is 5.11 Å². The molecule has 23 heavy (non-hydrogen) atoms. The van der Waals surface area contributed by atoms with E-state index in [1.54, 1.807) is 0 Å². The fourth-order valence-electron chi connectivity index (χ4n) is 5.04. The fraction of sp³-hybridized carbons (Fsp3) is 0.556. The van der Waals surface area contributed by atoms with Gasteiger partial charge < -0.3 is 14.6 Å². The van der Waals surface area contributed by atoms with Crippen LogP contribution in [0.4, 0.5) is 0 Å². The first-order valence-electron chi connectivity index (χ1n) is 8.22. The van der Waals surface area contributed by atoms with Crippen molar-refractivity contribution in [1.29, 1.82) is 0 Å². The Morgan fingerprint density at radius 2 is 2.00 bits per heavy atom. The van der Waals surface area contributed by atoms with Crippen molar-refractivity contribution in [3.8, 4) is 11.5 Å². The molecule has 3 aliphatic heterocycles. The van der Waals surface area contributed by atoms with Gasteiger partial charge in [0.05, 0.1) is 0 Å². The zero-order valence-electron chi connectivity index (χ0n) is 13.8. The Morgan fingerprint density at radius 1 is 1.22 bits per heavy atom. The first kappa shape index (κ1) is 15.6. The molecule has 1 spiro atoms. The van der Waals surface area contributed by atoms with Crippen LogP contribution in [0.25, 0.3) is 0 Å². The Bertz CT molecular complexity index is 689. The largest absolute Gasteiger partial charge is 1.00 e. The van der Waals surface area contributed by atoms with Crippen molar-refractivity contribution < 1.29 is 33.4 Å². The van der Waals surface area contributed by atoms with Gasteiger partial charge in [0.2, 0.25) is 6.79 Å². The SMILES string of the molecule is CC1=CC23CCCN2CCc2cc4c(cc2C3C1[O-])OCO4.[Li+]. The number of ether oxygens (including phenoxy) is 2. The molecule has 3 atom stereocenters. The smallest absolute Gasteiger partial charge is 0.848 e. The maximum atomic E-state index is 13.0. The Hall–Kier alpha value is -0.923. The van der Waals surface area contributed by atoms with Crippen LogP contribution in [0.1, 0.15) is 36.8 Å². The van der Waals surface area contributed by atoms with Crippen LogP contribution in [0.2, 0.25) is 0 Å². The summed E-state index contributed by atoms with van der Waals surface area (Å²) in [5.41, 5.74) is 3.41. The minimum atomic E-state index is -0.641. The van der Waals surface area contributed by atoms with Crippen LogP contribution in [0.15, 0.2) is 23.8 Å². The van der Waals surface area contributed by atoms with Crippen molar-refractivity contribution in [1.82, 2.24) is 4.90 Å². The molecule has 0 N–H and O–H groups in total. The zero-order valence-corrected chi connectivity index (χ0v) is 13.8. The topological polar surface area (TPSA) is 44.8 Å². The third kappa shape index (κ3) is 1.99. The Labute approximate surface area is 148 Å². The quantitative estimate of drug-likeness (QED) is 0.436. The molecule has 4 nitrogen and oxygen atoms in total. The van der Waals surface area contributed by atoms with Gasteiger partial charge in [-0.05, 0) is 61.9 Å². The van der Waals surface area contributed by atoms with E-state index in [4.69, 9.17) is 9.47 Å². The summed E-state index contributed by atoms with van der Waals surface area (Å²) in [5, 5.41) is 13.0. The van der Waals surface area contributed by atoms with Crippen molar-refractivity contribution in [3.63, 3.8) is 0 Å². The van der Waals surface area contributed by atoms with Crippen LogP contribution in [-0.2, 0) is 6.42 Å². The third-order valence-corrected chi connectivity index (χ3v) is 5.98. The molecule has 116 valence electrons. The predicted octanol–water partition coefficient (Wildman–Crippen LogP) is -1.42. The number of fused-ring (bicyclic) bond motifs is 3. The molecular formula is C18H20LiNO3. The average molecular weight is 305 g/mol. The van der Waals surface area contributed by atoms with E-state index in [-0.39, 0.29) is 37.1 Å². The van der Waals surface area contributed by atoms with Crippen molar-refractivity contribution in [2.75, 3.05) is 19.9 Å². The van der Waals surface area contributed by atoms with E-state index < -0.39 is 6.10 Å². The van der Waals surface area contributed by atoms with Crippen molar-refractivity contribution in [2.45, 2.75) is 43.7 Å². The molecule has 1 fully saturated rings. The molecule has 1 aliphatic carbocycles. The number of rotatable bonds is 0. The van der Waals surface area contributed by atoms with Gasteiger partial charge in [-0.25, -0.2) is 0 Å². The predicted molar refractivity (Wildman–Crippen MR) is 80.1 cm³/mol. The molecule has 1 saturated heterocycles. The standard InChI is InChI=1S/C18H20NO3.Li/c1-11-9-18-4-2-5-19(18)6-3-12-7-14-15(22-10-21-14)8-13(12)16(18)17(11)20;/h7-9,16-17H,2-6,10H2,1H3;/q-1;+1. The summed E-state index contributed by atoms with van der Waals surface area (Å²) >= 11 is 0. The molecule has 0 saturated carbocycles. The minimum absolute atomic E-state index is 0. The summed E-state index contributed by atoms with van der Waals surface area (Å²) in [5.74, 6) is 1.65. The van der Waals surface area contributed by atoms with E-state index in [1.165, 1.54) is 17.5 Å². The van der Waals surface area contributed by atoms with Gasteiger partial charge in [-0.2, -0.15) is 0 Å². The monoisotopic (exact) mass is 305 g/mol. The Balaban J connectivity index is 0.00000135. The van der Waals surface area contributed by atoms with Crippen LogP contribution in [-0.4, -0.2) is 36.4 Å². The van der Waals surface area contributed by atoms with Crippen molar-refractivity contribution >= 4 is 0 Å². The molecule has 0 radical (unpaired) electrons. The fourth-order valence-corrected chi connectivity index (χ4v) is 5.04. The second-order valence-corrected chi connectivity index (χ2v) is 7.02. The summed E-state index contributed by atoms with van der Waals surface area (Å²) in [6, 6.07) is 4.19. The van der Waals surface area contributed by atoms with E-state index in [0.29, 0.717) is 0 Å². The number of hydrogen-bond acceptors (Lipinski definition) is 4.